The average molecular weight is 740 g/mol. The Morgan fingerprint density at radius 2 is 1.83 bits per heavy atom. The highest BCUT2D eigenvalue weighted by Gasteiger charge is 2.37. The number of para-hydroxylation sites is 1. The first-order chi connectivity index (χ1) is 25.6. The van der Waals surface area contributed by atoms with Crippen LogP contribution in [-0.2, 0) is 18.7 Å². The van der Waals surface area contributed by atoms with E-state index in [0.717, 1.165) is 47.0 Å². The van der Waals surface area contributed by atoms with Crippen molar-refractivity contribution in [1.29, 1.82) is 0 Å². The van der Waals surface area contributed by atoms with Crippen LogP contribution < -0.4 is 20.9 Å². The summed E-state index contributed by atoms with van der Waals surface area (Å²) in [5.41, 5.74) is 7.46. The van der Waals surface area contributed by atoms with Crippen LogP contribution in [0.15, 0.2) is 90.2 Å². The molecule has 12 nitrogen and oxygen atoms in total. The largest absolute Gasteiger partial charge is 0.490 e. The standard InChI is InChI=1S/C38H39F2N9O3S/c1-45(26-11-13-46(14-12-26)21-38(51,22-47-24-42-23-43-47)30-9-7-25(39)17-31(30)40)20-29-19-33-36(53-29)44-35(41)37(50)49(33)28-8-10-34-32(18-28)48(15-16-52-34)27-5-3-2-4-6-27/h2-10,17-19,23-24,26,51H,11-16,20-22H2,1H3,(H2,41,44). The van der Waals surface area contributed by atoms with Gasteiger partial charge in [0.15, 0.2) is 5.82 Å². The fourth-order valence-corrected chi connectivity index (χ4v) is 8.62. The van der Waals surface area contributed by atoms with Gasteiger partial charge in [-0.15, -0.1) is 11.3 Å². The summed E-state index contributed by atoms with van der Waals surface area (Å²) in [5.74, 6) is -0.827. The Morgan fingerprint density at radius 1 is 1.02 bits per heavy atom. The van der Waals surface area contributed by atoms with Gasteiger partial charge >= 0.3 is 0 Å². The van der Waals surface area contributed by atoms with Crippen molar-refractivity contribution >= 4 is 38.9 Å². The van der Waals surface area contributed by atoms with Crippen LogP contribution in [0.4, 0.5) is 26.0 Å². The summed E-state index contributed by atoms with van der Waals surface area (Å²) in [4.78, 5) is 30.3. The van der Waals surface area contributed by atoms with Crippen molar-refractivity contribution in [3.63, 3.8) is 0 Å². The van der Waals surface area contributed by atoms with Crippen LogP contribution in [0.3, 0.4) is 0 Å². The zero-order chi connectivity index (χ0) is 36.7. The number of fused-ring (bicyclic) bond motifs is 2. The first kappa shape index (κ1) is 34.8. The van der Waals surface area contributed by atoms with Gasteiger partial charge in [0, 0.05) is 41.3 Å². The number of nitrogens with two attached hydrogens (primary N) is 1. The molecular formula is C38H39F2N9O3S. The number of aliphatic hydroxyl groups is 1. The van der Waals surface area contributed by atoms with Gasteiger partial charge in [0.25, 0.3) is 5.56 Å². The Labute approximate surface area is 308 Å². The summed E-state index contributed by atoms with van der Waals surface area (Å²) in [6.45, 7) is 3.31. The van der Waals surface area contributed by atoms with Gasteiger partial charge in [-0.3, -0.25) is 19.2 Å². The molecule has 1 saturated heterocycles. The maximum Gasteiger partial charge on any atom is 0.298 e. The van der Waals surface area contributed by atoms with E-state index in [0.29, 0.717) is 48.8 Å². The number of benzene rings is 3. The maximum absolute atomic E-state index is 15.0. The molecule has 2 aliphatic rings. The summed E-state index contributed by atoms with van der Waals surface area (Å²) in [7, 11) is 2.08. The third-order valence-electron chi connectivity index (χ3n) is 10.2. The van der Waals surface area contributed by atoms with E-state index in [1.165, 1.54) is 34.7 Å². The molecule has 15 heteroatoms. The number of likely N-dealkylation sites (tertiary alicyclic amines) is 1. The zero-order valence-electron chi connectivity index (χ0n) is 29.1. The molecule has 0 bridgehead atoms. The number of thiophene rings is 1. The third-order valence-corrected chi connectivity index (χ3v) is 11.2. The third kappa shape index (κ3) is 7.00. The topological polar surface area (TPSA) is 131 Å². The second-order valence-electron chi connectivity index (χ2n) is 13.7. The Morgan fingerprint density at radius 3 is 2.58 bits per heavy atom. The second kappa shape index (κ2) is 14.3. The average Bonchev–Trinajstić information content (AvgIpc) is 3.81. The highest BCUT2D eigenvalue weighted by molar-refractivity contribution is 7.18. The van der Waals surface area contributed by atoms with Crippen molar-refractivity contribution in [3.8, 4) is 11.4 Å². The normalized spacial score (nSPS) is 16.5. The number of halogens is 2. The van der Waals surface area contributed by atoms with Gasteiger partial charge in [-0.05, 0) is 75.4 Å². The number of anilines is 3. The Hall–Kier alpha value is -5.22. The van der Waals surface area contributed by atoms with Crippen molar-refractivity contribution in [2.75, 3.05) is 50.5 Å². The second-order valence-corrected chi connectivity index (χ2v) is 14.8. The van der Waals surface area contributed by atoms with Crippen LogP contribution in [0.2, 0.25) is 0 Å². The molecule has 274 valence electrons. The number of aromatic nitrogens is 5. The summed E-state index contributed by atoms with van der Waals surface area (Å²) in [5, 5.41) is 15.9. The monoisotopic (exact) mass is 739 g/mol. The van der Waals surface area contributed by atoms with E-state index in [1.54, 1.807) is 4.57 Å². The molecule has 3 N–H and O–H groups in total. The number of piperidine rings is 1. The quantitative estimate of drug-likeness (QED) is 0.200. The maximum atomic E-state index is 15.0. The molecule has 1 unspecified atom stereocenters. The lowest BCUT2D eigenvalue weighted by atomic mass is 9.91. The van der Waals surface area contributed by atoms with Crippen molar-refractivity contribution in [2.45, 2.75) is 37.6 Å². The van der Waals surface area contributed by atoms with Gasteiger partial charge in [0.2, 0.25) is 0 Å². The number of nitrogen functional groups attached to an aromatic ring is 1. The molecule has 2 aliphatic heterocycles. The summed E-state index contributed by atoms with van der Waals surface area (Å²) in [6, 6.07) is 21.3. The SMILES string of the molecule is CN(Cc1cc2c(nc(N)c(=O)n2-c2ccc3c(c2)N(c2ccccc2)CCO3)s1)C1CCN(CC(O)(Cn2cncn2)c2ccc(F)cc2F)CC1. The van der Waals surface area contributed by atoms with Crippen LogP contribution >= 0.6 is 11.3 Å². The number of nitrogens with zero attached hydrogens (tertiary/aromatic N) is 8. The molecule has 3 aromatic heterocycles. The van der Waals surface area contributed by atoms with E-state index in [4.69, 9.17) is 10.5 Å². The van der Waals surface area contributed by atoms with Gasteiger partial charge in [-0.1, -0.05) is 24.3 Å². The van der Waals surface area contributed by atoms with Crippen molar-refractivity contribution in [1.82, 2.24) is 34.1 Å². The molecule has 6 aromatic rings. The molecule has 3 aromatic carbocycles. The van der Waals surface area contributed by atoms with Crippen LogP contribution in [0.1, 0.15) is 23.3 Å². The van der Waals surface area contributed by atoms with Gasteiger partial charge < -0.3 is 20.5 Å². The summed E-state index contributed by atoms with van der Waals surface area (Å²) in [6.07, 6.45) is 4.45. The van der Waals surface area contributed by atoms with E-state index >= 15 is 0 Å². The van der Waals surface area contributed by atoms with Crippen LogP contribution in [0, 0.1) is 11.6 Å². The number of hydrogen-bond donors (Lipinski definition) is 2. The van der Waals surface area contributed by atoms with Gasteiger partial charge in [-0.2, -0.15) is 5.10 Å². The Balaban J connectivity index is 0.990. The lowest BCUT2D eigenvalue weighted by Crippen LogP contribution is -2.49. The van der Waals surface area contributed by atoms with E-state index < -0.39 is 17.2 Å². The smallest absolute Gasteiger partial charge is 0.298 e. The lowest BCUT2D eigenvalue weighted by Gasteiger charge is -2.40. The molecule has 0 spiro atoms. The summed E-state index contributed by atoms with van der Waals surface area (Å²) >= 11 is 1.51. The molecule has 8 rings (SSSR count). The minimum absolute atomic E-state index is 0.0170. The highest BCUT2D eigenvalue weighted by Crippen LogP contribution is 2.39. The predicted molar refractivity (Wildman–Crippen MR) is 200 cm³/mol. The van der Waals surface area contributed by atoms with E-state index in [2.05, 4.69) is 48.9 Å². The van der Waals surface area contributed by atoms with Gasteiger partial charge in [0.05, 0.1) is 30.0 Å². The van der Waals surface area contributed by atoms with Gasteiger partial charge in [0.1, 0.15) is 47.1 Å². The minimum atomic E-state index is -1.66. The molecule has 1 atom stereocenters. The minimum Gasteiger partial charge on any atom is -0.490 e. The van der Waals surface area contributed by atoms with E-state index in [9.17, 15) is 18.7 Å². The van der Waals surface area contributed by atoms with Crippen molar-refractivity contribution < 1.29 is 18.6 Å². The Kier molecular flexibility index (Phi) is 9.41. The van der Waals surface area contributed by atoms with Crippen LogP contribution in [0.25, 0.3) is 16.0 Å². The van der Waals surface area contributed by atoms with E-state index in [-0.39, 0.29) is 36.1 Å². The van der Waals surface area contributed by atoms with E-state index in [1.807, 2.05) is 42.5 Å². The predicted octanol–water partition coefficient (Wildman–Crippen LogP) is 4.91. The lowest BCUT2D eigenvalue weighted by molar-refractivity contribution is -0.0308. The molecule has 0 radical (unpaired) electrons. The molecule has 0 aliphatic carbocycles. The number of hydrogen-bond acceptors (Lipinski definition) is 11. The molecule has 0 amide bonds. The van der Waals surface area contributed by atoms with Crippen molar-refractivity contribution in [2.24, 2.45) is 0 Å². The first-order valence-electron chi connectivity index (χ1n) is 17.5. The molecule has 1 fully saturated rings. The number of rotatable bonds is 10. The summed E-state index contributed by atoms with van der Waals surface area (Å²) < 4.78 is 37.8. The Bertz CT molecular complexity index is 2290. The van der Waals surface area contributed by atoms with Crippen LogP contribution in [0.5, 0.6) is 5.75 Å². The molecular weight excluding hydrogens is 701 g/mol. The number of β-amino-alcohol motifs (C(OH)–C–C–N with tert-alkyl or cyclic N) is 1. The molecule has 5 heterocycles. The molecule has 0 saturated carbocycles. The van der Waals surface area contributed by atoms with Crippen LogP contribution in [-0.4, -0.2) is 85.1 Å². The fourth-order valence-electron chi connectivity index (χ4n) is 7.53. The number of ether oxygens (including phenoxy) is 1. The van der Waals surface area contributed by atoms with Gasteiger partial charge in [-0.25, -0.2) is 23.4 Å². The first-order valence-corrected chi connectivity index (χ1v) is 18.3. The van der Waals surface area contributed by atoms with Crippen molar-refractivity contribution in [3.05, 3.63) is 118 Å². The zero-order valence-corrected chi connectivity index (χ0v) is 29.9. The molecule has 53 heavy (non-hydrogen) atoms. The fraction of sp³-hybridized carbons (Fsp3) is 0.316. The highest BCUT2D eigenvalue weighted by atomic mass is 32.1.